The van der Waals surface area contributed by atoms with E-state index in [9.17, 15) is 0 Å². The number of rotatable bonds is 5. The van der Waals surface area contributed by atoms with Gasteiger partial charge in [-0.05, 0) is 97.7 Å². The van der Waals surface area contributed by atoms with Gasteiger partial charge in [0.15, 0.2) is 0 Å². The molecule has 29 heavy (non-hydrogen) atoms. The van der Waals surface area contributed by atoms with Crippen LogP contribution in [0.3, 0.4) is 0 Å². The van der Waals surface area contributed by atoms with Gasteiger partial charge < -0.3 is 0 Å². The maximum atomic E-state index is 2.69. The van der Waals surface area contributed by atoms with Gasteiger partial charge in [-0.15, -0.1) is 0 Å². The van der Waals surface area contributed by atoms with E-state index in [0.29, 0.717) is 16.2 Å². The van der Waals surface area contributed by atoms with E-state index in [1.54, 1.807) is 5.57 Å². The van der Waals surface area contributed by atoms with Gasteiger partial charge in [0.1, 0.15) is 0 Å². The van der Waals surface area contributed by atoms with E-state index >= 15 is 0 Å². The Hall–Kier alpha value is -0.520. The van der Waals surface area contributed by atoms with Crippen molar-refractivity contribution in [2.24, 2.45) is 39.9 Å². The molecule has 0 aliphatic heterocycles. The maximum absolute atomic E-state index is 2.69. The number of fused-ring (bicyclic) bond motifs is 5. The summed E-state index contributed by atoms with van der Waals surface area (Å²) in [4.78, 5) is 0. The van der Waals surface area contributed by atoms with Crippen LogP contribution < -0.4 is 0 Å². The molecule has 0 heteroatoms. The number of hydrogen-bond donors (Lipinski definition) is 0. The van der Waals surface area contributed by atoms with Crippen LogP contribution in [0.4, 0.5) is 0 Å². The molecule has 0 radical (unpaired) electrons. The molecule has 0 aromatic rings. The van der Waals surface area contributed by atoms with E-state index in [0.717, 1.165) is 23.7 Å². The zero-order valence-electron chi connectivity index (χ0n) is 20.4. The topological polar surface area (TPSA) is 0 Å². The third-order valence-electron chi connectivity index (χ3n) is 9.99. The van der Waals surface area contributed by atoms with Gasteiger partial charge >= 0.3 is 0 Å². The highest BCUT2D eigenvalue weighted by molar-refractivity contribution is 5.38. The summed E-state index contributed by atoms with van der Waals surface area (Å²) in [6.07, 6.45) is 22.6. The van der Waals surface area contributed by atoms with Crippen LogP contribution >= 0.6 is 0 Å². The van der Waals surface area contributed by atoms with Crippen LogP contribution in [0.2, 0.25) is 0 Å². The molecule has 4 aliphatic rings. The summed E-state index contributed by atoms with van der Waals surface area (Å²) in [6, 6.07) is 0. The smallest absolute Gasteiger partial charge is 0.00474 e. The van der Waals surface area contributed by atoms with Crippen LogP contribution in [-0.2, 0) is 0 Å². The van der Waals surface area contributed by atoms with Gasteiger partial charge in [-0.3, -0.25) is 0 Å². The van der Waals surface area contributed by atoms with E-state index in [1.165, 1.54) is 77.0 Å². The first-order valence-electron chi connectivity index (χ1n) is 13.0. The van der Waals surface area contributed by atoms with Crippen molar-refractivity contribution >= 4 is 0 Å². The number of unbranched alkanes of at least 4 members (excludes halogenated alkanes) is 2. The van der Waals surface area contributed by atoms with Gasteiger partial charge in [0.05, 0.1) is 0 Å². The van der Waals surface area contributed by atoms with Crippen molar-refractivity contribution < 1.29 is 0 Å². The fourth-order valence-corrected chi connectivity index (χ4v) is 7.99. The van der Waals surface area contributed by atoms with Crippen LogP contribution in [0, 0.1) is 39.9 Å². The summed E-state index contributed by atoms with van der Waals surface area (Å²) in [5, 5.41) is 0. The van der Waals surface area contributed by atoms with E-state index < -0.39 is 0 Å². The lowest BCUT2D eigenvalue weighted by Gasteiger charge is -2.55. The van der Waals surface area contributed by atoms with Crippen LogP contribution in [0.15, 0.2) is 23.3 Å². The number of allylic oxidation sites excluding steroid dienone is 4. The highest BCUT2D eigenvalue weighted by atomic mass is 14.6. The SMILES string of the molecule is CC1CCC2(C)C(=CC=C3C2CCC2(C)C(CCCCCC(C)(C)C)CCC32)C1. The first kappa shape index (κ1) is 21.7. The molecule has 6 atom stereocenters. The maximum Gasteiger partial charge on any atom is -0.00474 e. The van der Waals surface area contributed by atoms with Crippen LogP contribution in [0.5, 0.6) is 0 Å². The fourth-order valence-electron chi connectivity index (χ4n) is 7.99. The Kier molecular flexibility index (Phi) is 5.89. The molecule has 3 saturated carbocycles. The third-order valence-corrected chi connectivity index (χ3v) is 9.99. The van der Waals surface area contributed by atoms with Gasteiger partial charge in [-0.1, -0.05) is 84.1 Å². The molecule has 164 valence electrons. The van der Waals surface area contributed by atoms with E-state index in [2.05, 4.69) is 53.7 Å². The zero-order chi connectivity index (χ0) is 20.9. The minimum Gasteiger partial charge on any atom is -0.0634 e. The summed E-state index contributed by atoms with van der Waals surface area (Å²) >= 11 is 0. The largest absolute Gasteiger partial charge is 0.0634 e. The van der Waals surface area contributed by atoms with Crippen molar-refractivity contribution in [3.63, 3.8) is 0 Å². The van der Waals surface area contributed by atoms with E-state index in [4.69, 9.17) is 0 Å². The van der Waals surface area contributed by atoms with Crippen LogP contribution in [0.1, 0.15) is 119 Å². The summed E-state index contributed by atoms with van der Waals surface area (Å²) in [7, 11) is 0. The lowest BCUT2D eigenvalue weighted by atomic mass is 9.50. The van der Waals surface area contributed by atoms with Crippen molar-refractivity contribution in [1.29, 1.82) is 0 Å². The van der Waals surface area contributed by atoms with Crippen molar-refractivity contribution in [2.75, 3.05) is 0 Å². The Morgan fingerprint density at radius 3 is 2.45 bits per heavy atom. The molecule has 0 aromatic carbocycles. The molecule has 0 heterocycles. The fraction of sp³-hybridized carbons (Fsp3) is 0.862. The summed E-state index contributed by atoms with van der Waals surface area (Å²) in [5.41, 5.74) is 5.27. The second-order valence-electron chi connectivity index (χ2n) is 13.2. The van der Waals surface area contributed by atoms with Crippen molar-refractivity contribution in [3.8, 4) is 0 Å². The van der Waals surface area contributed by atoms with Crippen molar-refractivity contribution in [2.45, 2.75) is 119 Å². The molecular weight excluding hydrogens is 348 g/mol. The molecular formula is C29H48. The van der Waals surface area contributed by atoms with E-state index in [1.807, 2.05) is 5.57 Å². The van der Waals surface area contributed by atoms with Gasteiger partial charge in [-0.25, -0.2) is 0 Å². The second-order valence-corrected chi connectivity index (χ2v) is 13.2. The van der Waals surface area contributed by atoms with Gasteiger partial charge in [0.2, 0.25) is 0 Å². The lowest BCUT2D eigenvalue weighted by molar-refractivity contribution is 0.0613. The summed E-state index contributed by atoms with van der Waals surface area (Å²) < 4.78 is 0. The quantitative estimate of drug-likeness (QED) is 0.406. The average Bonchev–Trinajstić information content (AvgIpc) is 2.98. The van der Waals surface area contributed by atoms with Crippen LogP contribution in [0.25, 0.3) is 0 Å². The van der Waals surface area contributed by atoms with Gasteiger partial charge in [-0.2, -0.15) is 0 Å². The van der Waals surface area contributed by atoms with Crippen molar-refractivity contribution in [1.82, 2.24) is 0 Å². The summed E-state index contributed by atoms with van der Waals surface area (Å²) in [5.74, 6) is 3.62. The highest BCUT2D eigenvalue weighted by Gasteiger charge is 2.55. The highest BCUT2D eigenvalue weighted by Crippen LogP contribution is 2.65. The lowest BCUT2D eigenvalue weighted by Crippen LogP contribution is -2.45. The second kappa shape index (κ2) is 7.87. The first-order chi connectivity index (χ1) is 13.6. The predicted molar refractivity (Wildman–Crippen MR) is 127 cm³/mol. The Bertz CT molecular complexity index is 658. The predicted octanol–water partition coefficient (Wildman–Crippen LogP) is 9.12. The monoisotopic (exact) mass is 396 g/mol. The van der Waals surface area contributed by atoms with Gasteiger partial charge in [0, 0.05) is 0 Å². The normalized spacial score (nSPS) is 41.9. The summed E-state index contributed by atoms with van der Waals surface area (Å²) in [6.45, 7) is 14.9. The standard InChI is InChI=1S/C29H48/c1-21-15-18-29(6)23(20-21)11-13-24-25-14-12-22(28(25,5)19-16-26(24)29)10-8-7-9-17-27(2,3)4/h11,13,21-22,25-26H,7-10,12,14-20H2,1-6H3. The van der Waals surface area contributed by atoms with Gasteiger partial charge in [0.25, 0.3) is 0 Å². The van der Waals surface area contributed by atoms with E-state index in [-0.39, 0.29) is 0 Å². The molecule has 6 unspecified atom stereocenters. The molecule has 4 rings (SSSR count). The third kappa shape index (κ3) is 4.04. The Balaban J connectivity index is 1.42. The molecule has 0 aromatic heterocycles. The Morgan fingerprint density at radius 1 is 0.897 bits per heavy atom. The zero-order valence-corrected chi connectivity index (χ0v) is 20.4. The first-order valence-corrected chi connectivity index (χ1v) is 13.0. The minimum atomic E-state index is 0.489. The average molecular weight is 397 g/mol. The van der Waals surface area contributed by atoms with Crippen molar-refractivity contribution in [3.05, 3.63) is 23.3 Å². The molecule has 0 bridgehead atoms. The molecule has 0 saturated heterocycles. The minimum absolute atomic E-state index is 0.489. The molecule has 0 amide bonds. The molecule has 3 fully saturated rings. The molecule has 4 aliphatic carbocycles. The number of hydrogen-bond acceptors (Lipinski definition) is 0. The Morgan fingerprint density at radius 2 is 1.69 bits per heavy atom. The Labute approximate surface area is 182 Å². The van der Waals surface area contributed by atoms with Crippen LogP contribution in [-0.4, -0.2) is 0 Å². The molecule has 0 N–H and O–H groups in total. The molecule has 0 nitrogen and oxygen atoms in total. The molecule has 0 spiro atoms.